The highest BCUT2D eigenvalue weighted by atomic mass is 35.5. The van der Waals surface area contributed by atoms with Gasteiger partial charge in [-0.2, -0.15) is 26.3 Å². The van der Waals surface area contributed by atoms with Crippen LogP contribution in [0.3, 0.4) is 0 Å². The molecular weight excluding hydrogens is 407 g/mol. The summed E-state index contributed by atoms with van der Waals surface area (Å²) in [4.78, 5) is 15.4. The molecule has 4 nitrogen and oxygen atoms in total. The predicted octanol–water partition coefficient (Wildman–Crippen LogP) is 4.54. The summed E-state index contributed by atoms with van der Waals surface area (Å²) in [7, 11) is 0. The molecule has 0 atom stereocenters. The molecule has 0 aliphatic carbocycles. The average molecular weight is 416 g/mol. The Labute approximate surface area is 152 Å². The molecule has 0 saturated heterocycles. The number of pyridine rings is 1. The van der Waals surface area contributed by atoms with Crippen LogP contribution in [0.5, 0.6) is 0 Å². The van der Waals surface area contributed by atoms with Gasteiger partial charge < -0.3 is 10.6 Å². The summed E-state index contributed by atoms with van der Waals surface area (Å²) in [5.74, 6) is -2.78. The molecule has 0 aliphatic heterocycles. The minimum absolute atomic E-state index is 0.524. The zero-order valence-electron chi connectivity index (χ0n) is 12.9. The van der Waals surface area contributed by atoms with Crippen molar-refractivity contribution >= 4 is 23.2 Å². The van der Waals surface area contributed by atoms with Gasteiger partial charge in [-0.3, -0.25) is 9.78 Å². The summed E-state index contributed by atoms with van der Waals surface area (Å²) < 4.78 is 94.1. The maximum Gasteiger partial charge on any atom is 0.439 e. The Bertz CT molecular complexity index is 810. The number of nitrogens with one attached hydrogen (secondary N) is 2. The van der Waals surface area contributed by atoms with Crippen LogP contribution in [0.4, 0.5) is 36.4 Å². The number of anilines is 1. The van der Waals surface area contributed by atoms with Crippen molar-refractivity contribution in [1.82, 2.24) is 10.3 Å². The Morgan fingerprint density at radius 1 is 1.00 bits per heavy atom. The second-order valence-electron chi connectivity index (χ2n) is 5.17. The highest BCUT2D eigenvalue weighted by Crippen LogP contribution is 2.44. The third-order valence-corrected chi connectivity index (χ3v) is 3.59. The monoisotopic (exact) mass is 415 g/mol. The highest BCUT2D eigenvalue weighted by Gasteiger charge is 2.72. The van der Waals surface area contributed by atoms with E-state index in [9.17, 15) is 35.5 Å². The van der Waals surface area contributed by atoms with Gasteiger partial charge in [0.25, 0.3) is 5.91 Å². The molecule has 1 aromatic carbocycles. The maximum absolute atomic E-state index is 13.5. The van der Waals surface area contributed by atoms with Gasteiger partial charge in [0, 0.05) is 11.9 Å². The van der Waals surface area contributed by atoms with Crippen molar-refractivity contribution in [3.05, 3.63) is 59.1 Å². The lowest BCUT2D eigenvalue weighted by molar-refractivity contribution is -0.294. The molecule has 0 unspecified atom stereocenters. The summed E-state index contributed by atoms with van der Waals surface area (Å²) in [6.07, 6.45) is -11.0. The van der Waals surface area contributed by atoms with Crippen LogP contribution in [0, 0.1) is 5.82 Å². The Balaban J connectivity index is 2.53. The van der Waals surface area contributed by atoms with Gasteiger partial charge in [-0.15, -0.1) is 0 Å². The largest absolute Gasteiger partial charge is 0.439 e. The number of alkyl halides is 6. The minimum Gasteiger partial charge on any atom is -0.348 e. The molecule has 2 aromatic rings. The van der Waals surface area contributed by atoms with Crippen LogP contribution >= 0.6 is 11.6 Å². The lowest BCUT2D eigenvalue weighted by Gasteiger charge is -2.38. The first-order chi connectivity index (χ1) is 12.4. The number of amides is 1. The van der Waals surface area contributed by atoms with E-state index in [0.717, 1.165) is 17.6 Å². The zero-order chi connectivity index (χ0) is 20.5. The van der Waals surface area contributed by atoms with Crippen molar-refractivity contribution in [2.45, 2.75) is 18.0 Å². The van der Waals surface area contributed by atoms with E-state index in [1.54, 1.807) is 0 Å². The van der Waals surface area contributed by atoms with Gasteiger partial charge in [0.15, 0.2) is 0 Å². The van der Waals surface area contributed by atoms with Gasteiger partial charge in [0.1, 0.15) is 11.5 Å². The molecule has 0 spiro atoms. The third kappa shape index (κ3) is 4.24. The molecule has 1 heterocycles. The van der Waals surface area contributed by atoms with Crippen molar-refractivity contribution in [3.8, 4) is 0 Å². The summed E-state index contributed by atoms with van der Waals surface area (Å²) in [5, 5.41) is 1.38. The summed E-state index contributed by atoms with van der Waals surface area (Å²) >= 11 is 5.40. The van der Waals surface area contributed by atoms with Crippen molar-refractivity contribution in [1.29, 1.82) is 0 Å². The highest BCUT2D eigenvalue weighted by molar-refractivity contribution is 6.31. The van der Waals surface area contributed by atoms with E-state index in [2.05, 4.69) is 4.98 Å². The van der Waals surface area contributed by atoms with Crippen molar-refractivity contribution in [2.75, 3.05) is 5.32 Å². The number of carbonyl (C=O) groups is 1. The number of hydrogen-bond acceptors (Lipinski definition) is 3. The second-order valence-corrected chi connectivity index (χ2v) is 5.58. The van der Waals surface area contributed by atoms with Crippen LogP contribution in [0.15, 0.2) is 42.6 Å². The molecular formula is C15H9ClF7N3O. The number of nitrogens with zero attached hydrogens (tertiary/aromatic N) is 1. The Morgan fingerprint density at radius 2 is 1.63 bits per heavy atom. The first-order valence-corrected chi connectivity index (χ1v) is 7.35. The molecule has 146 valence electrons. The van der Waals surface area contributed by atoms with Crippen molar-refractivity contribution < 1.29 is 35.5 Å². The van der Waals surface area contributed by atoms with Crippen molar-refractivity contribution in [2.24, 2.45) is 0 Å². The molecule has 12 heteroatoms. The fraction of sp³-hybridized carbons (Fsp3) is 0.200. The Morgan fingerprint density at radius 3 is 2.11 bits per heavy atom. The van der Waals surface area contributed by atoms with E-state index in [1.807, 2.05) is 0 Å². The van der Waals surface area contributed by atoms with Crippen LogP contribution < -0.4 is 10.6 Å². The average Bonchev–Trinajstić information content (AvgIpc) is 2.56. The molecule has 0 saturated carbocycles. The number of rotatable bonds is 4. The lowest BCUT2D eigenvalue weighted by atomic mass is 10.1. The smallest absolute Gasteiger partial charge is 0.348 e. The van der Waals surface area contributed by atoms with E-state index in [-0.39, 0.29) is 0 Å². The van der Waals surface area contributed by atoms with E-state index < -0.39 is 46.1 Å². The molecule has 0 fully saturated rings. The number of hydrogen-bond donors (Lipinski definition) is 2. The Kier molecular flexibility index (Phi) is 5.55. The van der Waals surface area contributed by atoms with Crippen LogP contribution in [-0.2, 0) is 0 Å². The van der Waals surface area contributed by atoms with Crippen LogP contribution in [0.1, 0.15) is 10.5 Å². The summed E-state index contributed by atoms with van der Waals surface area (Å²) in [6, 6.07) is 5.16. The molecule has 1 aromatic heterocycles. The minimum atomic E-state index is -6.03. The number of benzene rings is 1. The SMILES string of the molecule is O=C(NC(Nc1ccc(F)c(Cl)c1)(C(F)(F)F)C(F)(F)F)c1ccccn1. The topological polar surface area (TPSA) is 54.0 Å². The molecule has 2 N–H and O–H groups in total. The van der Waals surface area contributed by atoms with Gasteiger partial charge in [-0.1, -0.05) is 17.7 Å². The number of carbonyl (C=O) groups excluding carboxylic acids is 1. The predicted molar refractivity (Wildman–Crippen MR) is 81.6 cm³/mol. The van der Waals surface area contributed by atoms with E-state index in [4.69, 9.17) is 11.6 Å². The molecule has 0 aliphatic rings. The first-order valence-electron chi connectivity index (χ1n) is 6.97. The number of aromatic nitrogens is 1. The summed E-state index contributed by atoms with van der Waals surface area (Å²) in [5.41, 5.74) is -6.37. The fourth-order valence-electron chi connectivity index (χ4n) is 2.00. The molecule has 0 radical (unpaired) electrons. The second kappa shape index (κ2) is 7.22. The van der Waals surface area contributed by atoms with Gasteiger partial charge >= 0.3 is 18.0 Å². The Hall–Kier alpha value is -2.56. The summed E-state index contributed by atoms with van der Waals surface area (Å²) in [6.45, 7) is 0. The number of halogens is 8. The molecule has 0 bridgehead atoms. The van der Waals surface area contributed by atoms with E-state index in [1.165, 1.54) is 17.4 Å². The third-order valence-electron chi connectivity index (χ3n) is 3.30. The van der Waals surface area contributed by atoms with Gasteiger partial charge in [0.2, 0.25) is 0 Å². The standard InChI is InChI=1S/C15H9ClF7N3O/c16-9-7-8(4-5-10(9)17)25-13(14(18,19)20,15(21,22)23)26-12(27)11-3-1-2-6-24-11/h1-7,25H,(H,26,27). The first kappa shape index (κ1) is 20.7. The fourth-order valence-corrected chi connectivity index (χ4v) is 2.18. The molecule has 2 rings (SSSR count). The maximum atomic E-state index is 13.5. The van der Waals surface area contributed by atoms with Crippen LogP contribution in [0.25, 0.3) is 0 Å². The lowest BCUT2D eigenvalue weighted by Crippen LogP contribution is -2.72. The quantitative estimate of drug-likeness (QED) is 0.569. The van der Waals surface area contributed by atoms with Gasteiger partial charge in [0.05, 0.1) is 5.02 Å². The zero-order valence-corrected chi connectivity index (χ0v) is 13.7. The molecule has 27 heavy (non-hydrogen) atoms. The molecule has 1 amide bonds. The van der Waals surface area contributed by atoms with Crippen LogP contribution in [-0.4, -0.2) is 28.9 Å². The van der Waals surface area contributed by atoms with Crippen LogP contribution in [0.2, 0.25) is 5.02 Å². The van der Waals surface area contributed by atoms with Crippen molar-refractivity contribution in [3.63, 3.8) is 0 Å². The van der Waals surface area contributed by atoms with Gasteiger partial charge in [-0.25, -0.2) is 4.39 Å². The van der Waals surface area contributed by atoms with E-state index in [0.29, 0.717) is 18.2 Å². The van der Waals surface area contributed by atoms with E-state index >= 15 is 0 Å². The normalized spacial score (nSPS) is 12.6. The van der Waals surface area contributed by atoms with Gasteiger partial charge in [-0.05, 0) is 30.3 Å².